The molecule has 0 aromatic heterocycles. The average Bonchev–Trinajstić information content (AvgIpc) is 2.46. The predicted octanol–water partition coefficient (Wildman–Crippen LogP) is 1.93. The zero-order valence-corrected chi connectivity index (χ0v) is 12.4. The number of esters is 1. The first-order valence-corrected chi connectivity index (χ1v) is 7.28. The van der Waals surface area contributed by atoms with Crippen molar-refractivity contribution in [2.75, 3.05) is 39.8 Å². The van der Waals surface area contributed by atoms with E-state index in [2.05, 4.69) is 16.8 Å². The van der Waals surface area contributed by atoms with E-state index in [0.717, 1.165) is 44.7 Å². The SMILES string of the molecule is CC(=O)OC(CCN1CCN(C)CC1)c1ccccc1. The lowest BCUT2D eigenvalue weighted by Crippen LogP contribution is -2.44. The molecule has 1 aromatic carbocycles. The van der Waals surface area contributed by atoms with Gasteiger partial charge < -0.3 is 14.5 Å². The van der Waals surface area contributed by atoms with Crippen molar-refractivity contribution in [3.63, 3.8) is 0 Å². The van der Waals surface area contributed by atoms with Crippen LogP contribution < -0.4 is 0 Å². The third-order valence-corrected chi connectivity index (χ3v) is 3.78. The zero-order chi connectivity index (χ0) is 14.4. The number of rotatable bonds is 5. The molecule has 1 unspecified atom stereocenters. The Morgan fingerprint density at radius 1 is 1.20 bits per heavy atom. The average molecular weight is 276 g/mol. The number of ether oxygens (including phenoxy) is 1. The van der Waals surface area contributed by atoms with Crippen LogP contribution in [-0.4, -0.2) is 55.5 Å². The Bertz CT molecular complexity index is 414. The van der Waals surface area contributed by atoms with Gasteiger partial charge in [-0.2, -0.15) is 0 Å². The van der Waals surface area contributed by atoms with Gasteiger partial charge in [-0.25, -0.2) is 0 Å². The van der Waals surface area contributed by atoms with Crippen molar-refractivity contribution in [2.24, 2.45) is 0 Å². The van der Waals surface area contributed by atoms with Gasteiger partial charge in [-0.15, -0.1) is 0 Å². The van der Waals surface area contributed by atoms with Gasteiger partial charge in [-0.05, 0) is 12.6 Å². The van der Waals surface area contributed by atoms with E-state index >= 15 is 0 Å². The quantitative estimate of drug-likeness (QED) is 0.769. The highest BCUT2D eigenvalue weighted by Gasteiger charge is 2.18. The fraction of sp³-hybridized carbons (Fsp3) is 0.562. The van der Waals surface area contributed by atoms with Gasteiger partial charge in [0.15, 0.2) is 0 Å². The molecule has 1 fully saturated rings. The maximum absolute atomic E-state index is 11.3. The van der Waals surface area contributed by atoms with Crippen LogP contribution >= 0.6 is 0 Å². The van der Waals surface area contributed by atoms with Crippen LogP contribution in [0.4, 0.5) is 0 Å². The summed E-state index contributed by atoms with van der Waals surface area (Å²) in [7, 11) is 2.16. The van der Waals surface area contributed by atoms with Gasteiger partial charge in [0.2, 0.25) is 0 Å². The number of nitrogens with zero attached hydrogens (tertiary/aromatic N) is 2. The van der Waals surface area contributed by atoms with Crippen LogP contribution in [0.3, 0.4) is 0 Å². The summed E-state index contributed by atoms with van der Waals surface area (Å²) >= 11 is 0. The van der Waals surface area contributed by atoms with Crippen LogP contribution in [-0.2, 0) is 9.53 Å². The molecule has 0 radical (unpaired) electrons. The van der Waals surface area contributed by atoms with Crippen molar-refractivity contribution in [2.45, 2.75) is 19.4 Å². The lowest BCUT2D eigenvalue weighted by molar-refractivity contribution is -0.147. The van der Waals surface area contributed by atoms with Crippen molar-refractivity contribution in [3.05, 3.63) is 35.9 Å². The van der Waals surface area contributed by atoms with Crippen molar-refractivity contribution in [1.82, 2.24) is 9.80 Å². The summed E-state index contributed by atoms with van der Waals surface area (Å²) < 4.78 is 5.47. The summed E-state index contributed by atoms with van der Waals surface area (Å²) in [5, 5.41) is 0. The Morgan fingerprint density at radius 2 is 1.85 bits per heavy atom. The molecule has 110 valence electrons. The Morgan fingerprint density at radius 3 is 2.45 bits per heavy atom. The molecule has 1 heterocycles. The van der Waals surface area contributed by atoms with Crippen molar-refractivity contribution in [3.8, 4) is 0 Å². The van der Waals surface area contributed by atoms with Crippen LogP contribution in [0.2, 0.25) is 0 Å². The van der Waals surface area contributed by atoms with Crippen LogP contribution in [0.25, 0.3) is 0 Å². The standard InChI is InChI=1S/C16H24N2O2/c1-14(19)20-16(15-6-4-3-5-7-15)8-9-18-12-10-17(2)11-13-18/h3-7,16H,8-13H2,1-2H3. The van der Waals surface area contributed by atoms with Crippen molar-refractivity contribution >= 4 is 5.97 Å². The molecular formula is C16H24N2O2. The van der Waals surface area contributed by atoms with E-state index in [1.165, 1.54) is 6.92 Å². The minimum atomic E-state index is -0.211. The second kappa shape index (κ2) is 7.41. The third-order valence-electron chi connectivity index (χ3n) is 3.78. The molecule has 0 N–H and O–H groups in total. The van der Waals surface area contributed by atoms with Crippen LogP contribution in [0, 0.1) is 0 Å². The molecule has 1 aliphatic rings. The molecular weight excluding hydrogens is 252 g/mol. The van der Waals surface area contributed by atoms with Crippen LogP contribution in [0.5, 0.6) is 0 Å². The van der Waals surface area contributed by atoms with Gasteiger partial charge in [-0.1, -0.05) is 30.3 Å². The predicted molar refractivity (Wildman–Crippen MR) is 79.5 cm³/mol. The van der Waals surface area contributed by atoms with E-state index < -0.39 is 0 Å². The minimum Gasteiger partial charge on any atom is -0.458 e. The monoisotopic (exact) mass is 276 g/mol. The number of carbonyl (C=O) groups is 1. The summed E-state index contributed by atoms with van der Waals surface area (Å²) in [4.78, 5) is 16.1. The van der Waals surface area contributed by atoms with E-state index in [-0.39, 0.29) is 12.1 Å². The second-order valence-corrected chi connectivity index (χ2v) is 5.44. The number of likely N-dealkylation sites (N-methyl/N-ethyl adjacent to an activating group) is 1. The minimum absolute atomic E-state index is 0.131. The Hall–Kier alpha value is -1.39. The number of hydrogen-bond donors (Lipinski definition) is 0. The number of benzene rings is 1. The van der Waals surface area contributed by atoms with E-state index in [1.807, 2.05) is 30.3 Å². The number of hydrogen-bond acceptors (Lipinski definition) is 4. The van der Waals surface area contributed by atoms with Gasteiger partial charge in [-0.3, -0.25) is 4.79 Å². The maximum atomic E-state index is 11.3. The normalized spacial score (nSPS) is 18.7. The highest BCUT2D eigenvalue weighted by molar-refractivity contribution is 5.66. The largest absolute Gasteiger partial charge is 0.458 e. The summed E-state index contributed by atoms with van der Waals surface area (Å²) in [5.41, 5.74) is 1.08. The number of carbonyl (C=O) groups excluding carboxylic acids is 1. The summed E-state index contributed by atoms with van der Waals surface area (Å²) in [6, 6.07) is 10.0. The molecule has 0 saturated carbocycles. The van der Waals surface area contributed by atoms with Crippen molar-refractivity contribution in [1.29, 1.82) is 0 Å². The molecule has 0 amide bonds. The molecule has 1 aliphatic heterocycles. The summed E-state index contributed by atoms with van der Waals surface area (Å²) in [5.74, 6) is -0.211. The first kappa shape index (κ1) is 15.0. The molecule has 0 spiro atoms. The highest BCUT2D eigenvalue weighted by atomic mass is 16.5. The second-order valence-electron chi connectivity index (χ2n) is 5.44. The lowest BCUT2D eigenvalue weighted by atomic mass is 10.1. The van der Waals surface area contributed by atoms with Gasteiger partial charge >= 0.3 is 5.97 Å². The molecule has 0 bridgehead atoms. The summed E-state index contributed by atoms with van der Waals surface area (Å²) in [6.07, 6.45) is 0.723. The van der Waals surface area contributed by atoms with Gasteiger partial charge in [0.05, 0.1) is 0 Å². The summed E-state index contributed by atoms with van der Waals surface area (Å²) in [6.45, 7) is 6.87. The smallest absolute Gasteiger partial charge is 0.303 e. The van der Waals surface area contributed by atoms with Crippen LogP contribution in [0.1, 0.15) is 25.0 Å². The molecule has 1 saturated heterocycles. The molecule has 1 aromatic rings. The molecule has 2 rings (SSSR count). The Balaban J connectivity index is 1.89. The van der Waals surface area contributed by atoms with E-state index in [4.69, 9.17) is 4.74 Å². The molecule has 1 atom stereocenters. The Kier molecular flexibility index (Phi) is 5.56. The van der Waals surface area contributed by atoms with Gasteiger partial charge in [0.25, 0.3) is 0 Å². The fourth-order valence-electron chi connectivity index (χ4n) is 2.53. The number of piperazine rings is 1. The molecule has 0 aliphatic carbocycles. The Labute approximate surface area is 121 Å². The molecule has 20 heavy (non-hydrogen) atoms. The first-order valence-electron chi connectivity index (χ1n) is 7.28. The van der Waals surface area contributed by atoms with E-state index in [0.29, 0.717) is 0 Å². The molecule has 4 nitrogen and oxygen atoms in total. The lowest BCUT2D eigenvalue weighted by Gasteiger charge is -2.33. The van der Waals surface area contributed by atoms with Gasteiger partial charge in [0, 0.05) is 46.1 Å². The van der Waals surface area contributed by atoms with E-state index in [1.54, 1.807) is 0 Å². The molecule has 4 heteroatoms. The zero-order valence-electron chi connectivity index (χ0n) is 12.4. The van der Waals surface area contributed by atoms with Crippen molar-refractivity contribution < 1.29 is 9.53 Å². The van der Waals surface area contributed by atoms with Crippen LogP contribution in [0.15, 0.2) is 30.3 Å². The first-order chi connectivity index (χ1) is 9.65. The van der Waals surface area contributed by atoms with Gasteiger partial charge in [0.1, 0.15) is 6.10 Å². The fourth-order valence-corrected chi connectivity index (χ4v) is 2.53. The topological polar surface area (TPSA) is 32.8 Å². The third kappa shape index (κ3) is 4.62. The van der Waals surface area contributed by atoms with E-state index in [9.17, 15) is 4.79 Å². The maximum Gasteiger partial charge on any atom is 0.303 e. The highest BCUT2D eigenvalue weighted by Crippen LogP contribution is 2.21.